The molecule has 1 atom stereocenters. The molecule has 0 saturated heterocycles. The van der Waals surface area contributed by atoms with E-state index >= 15 is 0 Å². The van der Waals surface area contributed by atoms with E-state index in [-0.39, 0.29) is 12.5 Å². The maximum Gasteiger partial charge on any atom is 0.325 e. The highest BCUT2D eigenvalue weighted by molar-refractivity contribution is 7.99. The summed E-state index contributed by atoms with van der Waals surface area (Å²) in [6.45, 7) is 0.177. The minimum Gasteiger partial charge on any atom is -0.480 e. The second-order valence-corrected chi connectivity index (χ2v) is 5.04. The standard InChI is InChI=1S/C10H19NO3S/c1-11-10(9(13)14,8-3-4-8)7-15-6-2-5-12/h8,11-12H,2-7H2,1H3,(H,13,14). The molecule has 0 radical (unpaired) electrons. The van der Waals surface area contributed by atoms with Gasteiger partial charge in [-0.1, -0.05) is 0 Å². The Hall–Kier alpha value is -0.260. The molecular formula is C10H19NO3S. The Labute approximate surface area is 94.4 Å². The monoisotopic (exact) mass is 233 g/mol. The lowest BCUT2D eigenvalue weighted by molar-refractivity contribution is -0.144. The van der Waals surface area contributed by atoms with Gasteiger partial charge >= 0.3 is 5.97 Å². The lowest BCUT2D eigenvalue weighted by atomic mass is 9.96. The molecule has 0 amide bonds. The molecule has 1 fully saturated rings. The molecule has 1 aliphatic carbocycles. The van der Waals surface area contributed by atoms with Gasteiger partial charge < -0.3 is 15.5 Å². The Morgan fingerprint density at radius 1 is 1.60 bits per heavy atom. The van der Waals surface area contributed by atoms with Crippen molar-refractivity contribution in [2.24, 2.45) is 5.92 Å². The first kappa shape index (κ1) is 12.8. The summed E-state index contributed by atoms with van der Waals surface area (Å²) in [6.07, 6.45) is 2.75. The van der Waals surface area contributed by atoms with Gasteiger partial charge in [0.15, 0.2) is 0 Å². The van der Waals surface area contributed by atoms with Crippen LogP contribution in [0.2, 0.25) is 0 Å². The van der Waals surface area contributed by atoms with Crippen LogP contribution in [0.4, 0.5) is 0 Å². The van der Waals surface area contributed by atoms with Crippen molar-refractivity contribution in [2.45, 2.75) is 24.8 Å². The van der Waals surface area contributed by atoms with E-state index in [2.05, 4.69) is 5.32 Å². The summed E-state index contributed by atoms with van der Waals surface area (Å²) in [4.78, 5) is 11.3. The van der Waals surface area contributed by atoms with Gasteiger partial charge in [-0.15, -0.1) is 0 Å². The zero-order chi connectivity index (χ0) is 11.3. The average Bonchev–Trinajstić information content (AvgIpc) is 3.02. The van der Waals surface area contributed by atoms with Crippen molar-refractivity contribution in [3.8, 4) is 0 Å². The molecule has 4 nitrogen and oxygen atoms in total. The van der Waals surface area contributed by atoms with E-state index < -0.39 is 11.5 Å². The molecule has 1 unspecified atom stereocenters. The molecule has 0 aromatic heterocycles. The van der Waals surface area contributed by atoms with Crippen molar-refractivity contribution in [2.75, 3.05) is 25.2 Å². The molecule has 88 valence electrons. The predicted molar refractivity (Wildman–Crippen MR) is 61.2 cm³/mol. The Balaban J connectivity index is 2.44. The quantitative estimate of drug-likeness (QED) is 0.534. The first-order valence-corrected chi connectivity index (χ1v) is 6.43. The lowest BCUT2D eigenvalue weighted by Crippen LogP contribution is -2.54. The normalized spacial score (nSPS) is 19.9. The number of likely N-dealkylation sites (N-methyl/N-ethyl adjacent to an activating group) is 1. The minimum atomic E-state index is -0.750. The molecule has 0 spiro atoms. The number of thioether (sulfide) groups is 1. The van der Waals surface area contributed by atoms with Crippen molar-refractivity contribution in [3.63, 3.8) is 0 Å². The van der Waals surface area contributed by atoms with Crippen molar-refractivity contribution >= 4 is 17.7 Å². The van der Waals surface area contributed by atoms with Crippen LogP contribution in [0.15, 0.2) is 0 Å². The largest absolute Gasteiger partial charge is 0.480 e. The SMILES string of the molecule is CNC(CSCCCO)(C(=O)O)C1CC1. The molecular weight excluding hydrogens is 214 g/mol. The van der Waals surface area contributed by atoms with Crippen LogP contribution in [0.25, 0.3) is 0 Å². The van der Waals surface area contributed by atoms with E-state index in [9.17, 15) is 9.90 Å². The summed E-state index contributed by atoms with van der Waals surface area (Å²) in [6, 6.07) is 0. The number of hydrogen-bond acceptors (Lipinski definition) is 4. The predicted octanol–water partition coefficient (Wildman–Crippen LogP) is 0.555. The molecule has 0 aromatic rings. The molecule has 0 heterocycles. The van der Waals surface area contributed by atoms with Gasteiger partial charge in [-0.25, -0.2) is 0 Å². The topological polar surface area (TPSA) is 69.6 Å². The maximum absolute atomic E-state index is 11.3. The van der Waals surface area contributed by atoms with Crippen LogP contribution >= 0.6 is 11.8 Å². The van der Waals surface area contributed by atoms with E-state index in [0.717, 1.165) is 25.0 Å². The van der Waals surface area contributed by atoms with Gasteiger partial charge in [0.2, 0.25) is 0 Å². The Kier molecular flexibility index (Phi) is 4.89. The number of carboxylic acid groups (broad SMARTS) is 1. The lowest BCUT2D eigenvalue weighted by Gasteiger charge is -2.28. The Morgan fingerprint density at radius 3 is 2.67 bits per heavy atom. The summed E-state index contributed by atoms with van der Waals surface area (Å²) < 4.78 is 0. The molecule has 1 saturated carbocycles. The van der Waals surface area contributed by atoms with Gasteiger partial charge in [0.1, 0.15) is 5.54 Å². The zero-order valence-electron chi connectivity index (χ0n) is 9.03. The highest BCUT2D eigenvalue weighted by Crippen LogP contribution is 2.41. The van der Waals surface area contributed by atoms with E-state index in [1.807, 2.05) is 0 Å². The Bertz CT molecular complexity index is 221. The van der Waals surface area contributed by atoms with Gasteiger partial charge in [0.25, 0.3) is 0 Å². The van der Waals surface area contributed by atoms with E-state index in [1.54, 1.807) is 18.8 Å². The molecule has 1 rings (SSSR count). The molecule has 5 heteroatoms. The fraction of sp³-hybridized carbons (Fsp3) is 0.900. The van der Waals surface area contributed by atoms with Gasteiger partial charge in [0.05, 0.1) is 0 Å². The average molecular weight is 233 g/mol. The highest BCUT2D eigenvalue weighted by Gasteiger charge is 2.49. The first-order valence-electron chi connectivity index (χ1n) is 5.28. The summed E-state index contributed by atoms with van der Waals surface area (Å²) in [5.41, 5.74) is -0.750. The first-order chi connectivity index (χ1) is 7.17. The van der Waals surface area contributed by atoms with Crippen LogP contribution in [0.3, 0.4) is 0 Å². The van der Waals surface area contributed by atoms with E-state index in [1.165, 1.54) is 0 Å². The fourth-order valence-electron chi connectivity index (χ4n) is 1.71. The molecule has 3 N–H and O–H groups in total. The smallest absolute Gasteiger partial charge is 0.325 e. The summed E-state index contributed by atoms with van der Waals surface area (Å²) in [5.74, 6) is 0.939. The number of rotatable bonds is 8. The molecule has 0 bridgehead atoms. The van der Waals surface area contributed by atoms with Crippen LogP contribution in [0.5, 0.6) is 0 Å². The highest BCUT2D eigenvalue weighted by atomic mass is 32.2. The van der Waals surface area contributed by atoms with Crippen LogP contribution < -0.4 is 5.32 Å². The van der Waals surface area contributed by atoms with Crippen molar-refractivity contribution < 1.29 is 15.0 Å². The number of hydrogen-bond donors (Lipinski definition) is 3. The van der Waals surface area contributed by atoms with Crippen LogP contribution in [0, 0.1) is 5.92 Å². The Morgan fingerprint density at radius 2 is 2.27 bits per heavy atom. The number of carboxylic acids is 1. The third-order valence-corrected chi connectivity index (χ3v) is 4.12. The molecule has 0 aromatic carbocycles. The summed E-state index contributed by atoms with van der Waals surface area (Å²) >= 11 is 1.60. The zero-order valence-corrected chi connectivity index (χ0v) is 9.85. The number of aliphatic hydroxyl groups excluding tert-OH is 1. The fourth-order valence-corrected chi connectivity index (χ4v) is 3.02. The second-order valence-electron chi connectivity index (χ2n) is 3.93. The van der Waals surface area contributed by atoms with Crippen LogP contribution in [0.1, 0.15) is 19.3 Å². The van der Waals surface area contributed by atoms with Crippen LogP contribution in [-0.4, -0.2) is 46.9 Å². The van der Waals surface area contributed by atoms with E-state index in [4.69, 9.17) is 5.11 Å². The van der Waals surface area contributed by atoms with Gasteiger partial charge in [-0.05, 0) is 38.0 Å². The van der Waals surface area contributed by atoms with Crippen LogP contribution in [-0.2, 0) is 4.79 Å². The molecule has 0 aliphatic heterocycles. The third-order valence-electron chi connectivity index (χ3n) is 2.88. The number of nitrogens with one attached hydrogen (secondary N) is 1. The van der Waals surface area contributed by atoms with Gasteiger partial charge in [0, 0.05) is 12.4 Å². The van der Waals surface area contributed by atoms with Crippen molar-refractivity contribution in [1.82, 2.24) is 5.32 Å². The van der Waals surface area contributed by atoms with Gasteiger partial charge in [-0.2, -0.15) is 11.8 Å². The summed E-state index contributed by atoms with van der Waals surface area (Å²) in [7, 11) is 1.72. The molecule has 15 heavy (non-hydrogen) atoms. The minimum absolute atomic E-state index is 0.177. The van der Waals surface area contributed by atoms with Gasteiger partial charge in [-0.3, -0.25) is 4.79 Å². The van der Waals surface area contributed by atoms with E-state index in [0.29, 0.717) is 5.75 Å². The van der Waals surface area contributed by atoms with Crippen molar-refractivity contribution in [1.29, 1.82) is 0 Å². The number of aliphatic hydroxyl groups is 1. The molecule has 1 aliphatic rings. The van der Waals surface area contributed by atoms with Crippen molar-refractivity contribution in [3.05, 3.63) is 0 Å². The summed E-state index contributed by atoms with van der Waals surface area (Å²) in [5, 5.41) is 20.9. The number of carbonyl (C=O) groups is 1. The number of aliphatic carboxylic acids is 1. The third kappa shape index (κ3) is 3.09. The maximum atomic E-state index is 11.3. The second kappa shape index (κ2) is 5.72.